The zero-order valence-electron chi connectivity index (χ0n) is 16.0. The monoisotopic (exact) mass is 389 g/mol. The second-order valence-electron chi connectivity index (χ2n) is 6.72. The summed E-state index contributed by atoms with van der Waals surface area (Å²) in [6.45, 7) is 5.74. The number of Topliss-reactive ketones (excluding diaryl/α,β-unsaturated/α-hetero) is 2. The molecule has 0 saturated heterocycles. The molecule has 1 fully saturated rings. The van der Waals surface area contributed by atoms with Crippen molar-refractivity contribution in [2.75, 3.05) is 25.5 Å². The van der Waals surface area contributed by atoms with Crippen LogP contribution < -0.4 is 9.47 Å². The molecule has 1 aromatic rings. The second-order valence-corrected chi connectivity index (χ2v) is 8.03. The number of carbonyl (C=O) groups excluding carboxylic acids is 2. The van der Waals surface area contributed by atoms with Crippen molar-refractivity contribution in [2.45, 2.75) is 44.8 Å². The first kappa shape index (κ1) is 19.9. The molecule has 1 atom stereocenters. The van der Waals surface area contributed by atoms with Gasteiger partial charge in [0.15, 0.2) is 0 Å². The molecule has 1 unspecified atom stereocenters. The fourth-order valence-electron chi connectivity index (χ4n) is 3.70. The average Bonchev–Trinajstić information content (AvgIpc) is 2.89. The Bertz CT molecular complexity index is 715. The Hall–Kier alpha value is -1.82. The largest absolute Gasteiger partial charge is 0.494 e. The summed E-state index contributed by atoms with van der Waals surface area (Å²) in [5, 5.41) is 0.117. The zero-order valence-corrected chi connectivity index (χ0v) is 16.8. The summed E-state index contributed by atoms with van der Waals surface area (Å²) in [5.41, 5.74) is 1.84. The molecule has 1 aliphatic heterocycles. The van der Waals surface area contributed by atoms with Crippen LogP contribution >= 0.6 is 11.8 Å². The third-order valence-corrected chi connectivity index (χ3v) is 6.13. The predicted octanol–water partition coefficient (Wildman–Crippen LogP) is 4.04. The van der Waals surface area contributed by atoms with Gasteiger partial charge < -0.3 is 9.47 Å². The van der Waals surface area contributed by atoms with Crippen molar-refractivity contribution >= 4 is 29.0 Å². The molecule has 146 valence electrons. The molecule has 3 rings (SSSR count). The molecular formula is C21H27NO4S. The molecule has 27 heavy (non-hydrogen) atoms. The number of benzene rings is 1. The molecule has 1 aliphatic carbocycles. The van der Waals surface area contributed by atoms with E-state index in [1.54, 1.807) is 0 Å². The van der Waals surface area contributed by atoms with E-state index >= 15 is 0 Å². The van der Waals surface area contributed by atoms with E-state index in [9.17, 15) is 9.59 Å². The lowest BCUT2D eigenvalue weighted by Crippen LogP contribution is -2.35. The highest BCUT2D eigenvalue weighted by atomic mass is 32.2. The van der Waals surface area contributed by atoms with Gasteiger partial charge in [0.25, 0.3) is 0 Å². The van der Waals surface area contributed by atoms with Gasteiger partial charge >= 0.3 is 0 Å². The molecule has 0 spiro atoms. The summed E-state index contributed by atoms with van der Waals surface area (Å²) < 4.78 is 11.5. The topological polar surface area (TPSA) is 65.0 Å². The molecule has 5 nitrogen and oxygen atoms in total. The van der Waals surface area contributed by atoms with Gasteiger partial charge in [0.05, 0.1) is 13.2 Å². The minimum Gasteiger partial charge on any atom is -0.494 e. The quantitative estimate of drug-likeness (QED) is 0.687. The van der Waals surface area contributed by atoms with Crippen LogP contribution in [0.4, 0.5) is 0 Å². The number of hydrogen-bond acceptors (Lipinski definition) is 6. The highest BCUT2D eigenvalue weighted by Gasteiger charge is 2.36. The van der Waals surface area contributed by atoms with Gasteiger partial charge in [-0.15, -0.1) is 0 Å². The van der Waals surface area contributed by atoms with Crippen LogP contribution in [-0.2, 0) is 9.59 Å². The Labute approximate surface area is 164 Å². The first-order valence-electron chi connectivity index (χ1n) is 9.73. The first-order chi connectivity index (χ1) is 13.1. The number of aliphatic imine (C=N–C) groups is 1. The van der Waals surface area contributed by atoms with Crippen LogP contribution in [-0.4, -0.2) is 42.8 Å². The Morgan fingerprint density at radius 3 is 2.56 bits per heavy atom. The molecule has 0 aromatic heterocycles. The minimum absolute atomic E-state index is 0.0346. The summed E-state index contributed by atoms with van der Waals surface area (Å²) in [6.07, 6.45) is 2.26. The van der Waals surface area contributed by atoms with Gasteiger partial charge in [0.1, 0.15) is 29.0 Å². The maximum absolute atomic E-state index is 12.4. The van der Waals surface area contributed by atoms with E-state index in [4.69, 9.17) is 9.47 Å². The minimum atomic E-state index is -0.627. The number of carbonyl (C=O) groups is 2. The Morgan fingerprint density at radius 2 is 1.85 bits per heavy atom. The Kier molecular flexibility index (Phi) is 6.94. The van der Waals surface area contributed by atoms with E-state index in [1.165, 1.54) is 0 Å². The molecule has 6 heteroatoms. The third-order valence-electron chi connectivity index (χ3n) is 4.89. The van der Waals surface area contributed by atoms with Gasteiger partial charge in [-0.3, -0.25) is 14.6 Å². The smallest absolute Gasteiger partial charge is 0.149 e. The van der Waals surface area contributed by atoms with E-state index in [2.05, 4.69) is 4.99 Å². The number of ketones is 2. The van der Waals surface area contributed by atoms with Crippen LogP contribution in [0, 0.1) is 5.92 Å². The van der Waals surface area contributed by atoms with Gasteiger partial charge in [-0.2, -0.15) is 11.8 Å². The van der Waals surface area contributed by atoms with Crippen molar-refractivity contribution in [1.29, 1.82) is 0 Å². The summed E-state index contributed by atoms with van der Waals surface area (Å²) in [5.74, 6) is 1.90. The standard InChI is InChI=1S/C21H27NO4S/c1-3-25-14-8-9-15(19(12-14)26-4-2)20-13-16(22-10-11-27-20)21-17(23)6-5-7-18(21)24/h8-9,12,20-21H,3-7,10-11,13H2,1-2H3. The van der Waals surface area contributed by atoms with Crippen molar-refractivity contribution in [3.05, 3.63) is 23.8 Å². The van der Waals surface area contributed by atoms with E-state index < -0.39 is 5.92 Å². The number of rotatable bonds is 6. The van der Waals surface area contributed by atoms with Crippen LogP contribution in [0.25, 0.3) is 0 Å². The molecule has 0 N–H and O–H groups in total. The third kappa shape index (κ3) is 4.72. The molecule has 1 heterocycles. The van der Waals surface area contributed by atoms with Crippen LogP contribution in [0.3, 0.4) is 0 Å². The summed E-state index contributed by atoms with van der Waals surface area (Å²) in [6, 6.07) is 5.93. The maximum Gasteiger partial charge on any atom is 0.149 e. The van der Waals surface area contributed by atoms with Crippen molar-refractivity contribution in [2.24, 2.45) is 10.9 Å². The molecule has 0 bridgehead atoms. The Balaban J connectivity index is 1.87. The van der Waals surface area contributed by atoms with E-state index in [-0.39, 0.29) is 16.8 Å². The van der Waals surface area contributed by atoms with E-state index in [0.717, 1.165) is 28.5 Å². The normalized spacial score (nSPS) is 21.6. The molecular weight excluding hydrogens is 362 g/mol. The molecule has 1 aromatic carbocycles. The molecule has 2 aliphatic rings. The van der Waals surface area contributed by atoms with Crippen molar-refractivity contribution < 1.29 is 19.1 Å². The fraction of sp³-hybridized carbons (Fsp3) is 0.571. The van der Waals surface area contributed by atoms with Gasteiger partial charge in [-0.05, 0) is 26.3 Å². The Morgan fingerprint density at radius 1 is 1.11 bits per heavy atom. The lowest BCUT2D eigenvalue weighted by atomic mass is 9.81. The number of hydrogen-bond donors (Lipinski definition) is 0. The van der Waals surface area contributed by atoms with Crippen molar-refractivity contribution in [3.8, 4) is 11.5 Å². The van der Waals surface area contributed by atoms with Crippen LogP contribution in [0.2, 0.25) is 0 Å². The maximum atomic E-state index is 12.4. The van der Waals surface area contributed by atoms with Crippen molar-refractivity contribution in [1.82, 2.24) is 0 Å². The highest BCUT2D eigenvalue weighted by molar-refractivity contribution is 7.99. The van der Waals surface area contributed by atoms with Gasteiger partial charge in [-0.1, -0.05) is 6.07 Å². The first-order valence-corrected chi connectivity index (χ1v) is 10.8. The summed E-state index contributed by atoms with van der Waals surface area (Å²) in [7, 11) is 0. The number of ether oxygens (including phenoxy) is 2. The lowest BCUT2D eigenvalue weighted by Gasteiger charge is -2.24. The van der Waals surface area contributed by atoms with Gasteiger partial charge in [-0.25, -0.2) is 0 Å². The second kappa shape index (κ2) is 9.40. The summed E-state index contributed by atoms with van der Waals surface area (Å²) >= 11 is 1.81. The highest BCUT2D eigenvalue weighted by Crippen LogP contribution is 2.42. The van der Waals surface area contributed by atoms with Crippen LogP contribution in [0.5, 0.6) is 11.5 Å². The van der Waals surface area contributed by atoms with Crippen LogP contribution in [0.15, 0.2) is 23.2 Å². The molecule has 0 amide bonds. The lowest BCUT2D eigenvalue weighted by molar-refractivity contribution is -0.132. The average molecular weight is 390 g/mol. The molecule has 1 saturated carbocycles. The van der Waals surface area contributed by atoms with Gasteiger partial charge in [0.2, 0.25) is 0 Å². The molecule has 0 radical (unpaired) electrons. The van der Waals surface area contributed by atoms with E-state index in [1.807, 2.05) is 43.8 Å². The predicted molar refractivity (Wildman–Crippen MR) is 108 cm³/mol. The van der Waals surface area contributed by atoms with Crippen molar-refractivity contribution in [3.63, 3.8) is 0 Å². The number of nitrogens with zero attached hydrogens (tertiary/aromatic N) is 1. The SMILES string of the molecule is CCOc1ccc(C2CC(C3C(=O)CCCC3=O)=NCCS2)c(OCC)c1. The van der Waals surface area contributed by atoms with E-state index in [0.29, 0.717) is 45.4 Å². The van der Waals surface area contributed by atoms with Gasteiger partial charge in [0, 0.05) is 54.2 Å². The summed E-state index contributed by atoms with van der Waals surface area (Å²) in [4.78, 5) is 29.4. The zero-order chi connectivity index (χ0) is 19.2. The fourth-order valence-corrected chi connectivity index (χ4v) is 4.85. The number of thioether (sulfide) groups is 1. The van der Waals surface area contributed by atoms with Crippen LogP contribution in [0.1, 0.15) is 50.3 Å².